The maximum absolute atomic E-state index is 12.9. The molecule has 0 fully saturated rings. The Morgan fingerprint density at radius 3 is 2.64 bits per heavy atom. The van der Waals surface area contributed by atoms with Gasteiger partial charge in [-0.05, 0) is 62.6 Å². The predicted octanol–water partition coefficient (Wildman–Crippen LogP) is 3.88. The summed E-state index contributed by atoms with van der Waals surface area (Å²) in [7, 11) is 0. The summed E-state index contributed by atoms with van der Waals surface area (Å²) in [5.41, 5.74) is 5.36. The quantitative estimate of drug-likeness (QED) is 0.574. The Morgan fingerprint density at radius 2 is 1.89 bits per heavy atom. The van der Waals surface area contributed by atoms with Crippen LogP contribution in [0.3, 0.4) is 0 Å². The molecule has 0 saturated carbocycles. The van der Waals surface area contributed by atoms with Crippen molar-refractivity contribution in [2.75, 3.05) is 5.32 Å². The first kappa shape index (κ1) is 18.3. The van der Waals surface area contributed by atoms with Crippen LogP contribution in [0.1, 0.15) is 22.4 Å². The van der Waals surface area contributed by atoms with Gasteiger partial charge in [0.1, 0.15) is 16.1 Å². The lowest BCUT2D eigenvalue weighted by atomic mass is 10.1. The Hall–Kier alpha value is -3.06. The standard InChI is InChI=1S/C21H20N4O2S/c1-11-5-6-15(8-12(11)2)24-16(26)9-25-10-22-18-17-13(3)7-14(4)23-20(17)28-19(18)21(25)27/h5-8,10H,9H2,1-4H3,(H,24,26). The van der Waals surface area contributed by atoms with Gasteiger partial charge < -0.3 is 5.32 Å². The van der Waals surface area contributed by atoms with Crippen molar-refractivity contribution in [3.8, 4) is 0 Å². The lowest BCUT2D eigenvalue weighted by Gasteiger charge is -2.09. The number of hydrogen-bond donors (Lipinski definition) is 1. The van der Waals surface area contributed by atoms with Crippen molar-refractivity contribution in [2.24, 2.45) is 0 Å². The first-order valence-corrected chi connectivity index (χ1v) is 9.78. The van der Waals surface area contributed by atoms with Crippen LogP contribution >= 0.6 is 11.3 Å². The lowest BCUT2D eigenvalue weighted by molar-refractivity contribution is -0.116. The molecule has 0 aliphatic heterocycles. The molecular formula is C21H20N4O2S. The van der Waals surface area contributed by atoms with E-state index in [1.54, 1.807) is 0 Å². The Bertz CT molecular complexity index is 1300. The van der Waals surface area contributed by atoms with E-state index < -0.39 is 0 Å². The van der Waals surface area contributed by atoms with Crippen LogP contribution in [-0.4, -0.2) is 20.4 Å². The fourth-order valence-corrected chi connectivity index (χ4v) is 4.49. The highest BCUT2D eigenvalue weighted by Gasteiger charge is 2.16. The molecule has 1 N–H and O–H groups in total. The highest BCUT2D eigenvalue weighted by Crippen LogP contribution is 2.31. The normalized spacial score (nSPS) is 11.3. The van der Waals surface area contributed by atoms with E-state index in [-0.39, 0.29) is 18.0 Å². The van der Waals surface area contributed by atoms with Crippen molar-refractivity contribution < 1.29 is 4.79 Å². The first-order chi connectivity index (χ1) is 13.3. The van der Waals surface area contributed by atoms with Crippen LogP contribution in [0.25, 0.3) is 20.4 Å². The van der Waals surface area contributed by atoms with E-state index in [0.717, 1.165) is 32.6 Å². The molecule has 3 heterocycles. The van der Waals surface area contributed by atoms with Crippen molar-refractivity contribution in [3.63, 3.8) is 0 Å². The molecule has 4 aromatic rings. The van der Waals surface area contributed by atoms with Gasteiger partial charge in [0.25, 0.3) is 5.56 Å². The molecule has 0 bridgehead atoms. The smallest absolute Gasteiger partial charge is 0.271 e. The van der Waals surface area contributed by atoms with Crippen molar-refractivity contribution in [1.82, 2.24) is 14.5 Å². The molecule has 0 radical (unpaired) electrons. The summed E-state index contributed by atoms with van der Waals surface area (Å²) in [6.45, 7) is 7.85. The number of nitrogens with zero attached hydrogens (tertiary/aromatic N) is 3. The van der Waals surface area contributed by atoms with Crippen molar-refractivity contribution in [1.29, 1.82) is 0 Å². The Labute approximate surface area is 165 Å². The molecular weight excluding hydrogens is 372 g/mol. The Morgan fingerprint density at radius 1 is 1.11 bits per heavy atom. The minimum atomic E-state index is -0.266. The highest BCUT2D eigenvalue weighted by atomic mass is 32.1. The molecule has 28 heavy (non-hydrogen) atoms. The number of rotatable bonds is 3. The third-order valence-corrected chi connectivity index (χ3v) is 5.91. The van der Waals surface area contributed by atoms with Gasteiger partial charge in [0.2, 0.25) is 5.91 Å². The summed E-state index contributed by atoms with van der Waals surface area (Å²) >= 11 is 1.33. The molecule has 142 valence electrons. The van der Waals surface area contributed by atoms with Crippen LogP contribution in [0.15, 0.2) is 35.4 Å². The van der Waals surface area contributed by atoms with Crippen LogP contribution < -0.4 is 10.9 Å². The van der Waals surface area contributed by atoms with E-state index >= 15 is 0 Å². The topological polar surface area (TPSA) is 76.9 Å². The molecule has 6 nitrogen and oxygen atoms in total. The Kier molecular flexibility index (Phi) is 4.47. The predicted molar refractivity (Wildman–Crippen MR) is 113 cm³/mol. The van der Waals surface area contributed by atoms with E-state index in [2.05, 4.69) is 15.3 Å². The van der Waals surface area contributed by atoms with Gasteiger partial charge in [-0.1, -0.05) is 6.07 Å². The summed E-state index contributed by atoms with van der Waals surface area (Å²) in [6.07, 6.45) is 1.44. The molecule has 0 saturated heterocycles. The number of anilines is 1. The maximum atomic E-state index is 12.9. The maximum Gasteiger partial charge on any atom is 0.271 e. The van der Waals surface area contributed by atoms with E-state index in [1.165, 1.54) is 22.2 Å². The molecule has 0 atom stereocenters. The average molecular weight is 392 g/mol. The largest absolute Gasteiger partial charge is 0.325 e. The number of thiophene rings is 1. The minimum Gasteiger partial charge on any atom is -0.325 e. The summed E-state index contributed by atoms with van der Waals surface area (Å²) in [5.74, 6) is -0.266. The molecule has 1 aromatic carbocycles. The van der Waals surface area contributed by atoms with E-state index in [4.69, 9.17) is 0 Å². The Balaban J connectivity index is 1.67. The summed E-state index contributed by atoms with van der Waals surface area (Å²) in [5, 5.41) is 3.75. The molecule has 0 spiro atoms. The number of amides is 1. The molecule has 0 aliphatic carbocycles. The molecule has 4 rings (SSSR count). The molecule has 0 unspecified atom stereocenters. The van der Waals surface area contributed by atoms with Gasteiger partial charge in [-0.25, -0.2) is 9.97 Å². The number of fused-ring (bicyclic) bond motifs is 3. The monoisotopic (exact) mass is 392 g/mol. The second-order valence-corrected chi connectivity index (χ2v) is 8.06. The van der Waals surface area contributed by atoms with Crippen molar-refractivity contribution in [2.45, 2.75) is 34.2 Å². The van der Waals surface area contributed by atoms with Crippen LogP contribution in [0.2, 0.25) is 0 Å². The average Bonchev–Trinajstić information content (AvgIpc) is 3.00. The number of benzene rings is 1. The number of carbonyl (C=O) groups is 1. The summed E-state index contributed by atoms with van der Waals surface area (Å²) < 4.78 is 1.87. The van der Waals surface area contributed by atoms with Gasteiger partial charge in [-0.3, -0.25) is 14.2 Å². The van der Waals surface area contributed by atoms with Crippen LogP contribution in [0.4, 0.5) is 5.69 Å². The number of pyridine rings is 1. The number of aryl methyl sites for hydroxylation is 4. The van der Waals surface area contributed by atoms with Crippen molar-refractivity contribution >= 4 is 43.4 Å². The third kappa shape index (κ3) is 3.18. The lowest BCUT2D eigenvalue weighted by Crippen LogP contribution is -2.27. The SMILES string of the molecule is Cc1cc(C)c2c(n1)sc1c(=O)n(CC(=O)Nc3ccc(C)c(C)c3)cnc12. The van der Waals surface area contributed by atoms with Gasteiger partial charge in [0.05, 0.1) is 11.8 Å². The fourth-order valence-electron chi connectivity index (χ4n) is 3.29. The zero-order chi connectivity index (χ0) is 20.0. The zero-order valence-electron chi connectivity index (χ0n) is 16.2. The summed E-state index contributed by atoms with van der Waals surface area (Å²) in [4.78, 5) is 35.1. The second-order valence-electron chi connectivity index (χ2n) is 7.07. The minimum absolute atomic E-state index is 0.0889. The van der Waals surface area contributed by atoms with Gasteiger partial charge in [-0.2, -0.15) is 0 Å². The van der Waals surface area contributed by atoms with E-state index in [0.29, 0.717) is 15.9 Å². The van der Waals surface area contributed by atoms with Gasteiger partial charge in [0, 0.05) is 16.8 Å². The molecule has 7 heteroatoms. The van der Waals surface area contributed by atoms with Crippen LogP contribution in [-0.2, 0) is 11.3 Å². The second kappa shape index (κ2) is 6.83. The molecule has 0 aliphatic rings. The molecule has 3 aromatic heterocycles. The van der Waals surface area contributed by atoms with Crippen LogP contribution in [0, 0.1) is 27.7 Å². The summed E-state index contributed by atoms with van der Waals surface area (Å²) in [6, 6.07) is 7.71. The molecule has 1 amide bonds. The highest BCUT2D eigenvalue weighted by molar-refractivity contribution is 7.25. The third-order valence-electron chi connectivity index (χ3n) is 4.85. The fraction of sp³-hybridized carbons (Fsp3) is 0.238. The van der Waals surface area contributed by atoms with Gasteiger partial charge in [-0.15, -0.1) is 11.3 Å². The zero-order valence-corrected chi connectivity index (χ0v) is 17.0. The number of aromatic nitrogens is 3. The van der Waals surface area contributed by atoms with Crippen molar-refractivity contribution in [3.05, 3.63) is 63.3 Å². The van der Waals surface area contributed by atoms with Gasteiger partial charge >= 0.3 is 0 Å². The van der Waals surface area contributed by atoms with E-state index in [9.17, 15) is 9.59 Å². The van der Waals surface area contributed by atoms with Crippen LogP contribution in [0.5, 0.6) is 0 Å². The first-order valence-electron chi connectivity index (χ1n) is 8.96. The van der Waals surface area contributed by atoms with E-state index in [1.807, 2.05) is 52.0 Å². The number of hydrogen-bond acceptors (Lipinski definition) is 5. The number of carbonyl (C=O) groups excluding carboxylic acids is 1. The number of nitrogens with one attached hydrogen (secondary N) is 1. The van der Waals surface area contributed by atoms with Gasteiger partial charge in [0.15, 0.2) is 0 Å².